The molecule has 0 radical (unpaired) electrons. The zero-order chi connectivity index (χ0) is 11.3. The highest BCUT2D eigenvalue weighted by Crippen LogP contribution is 2.14. The Morgan fingerprint density at radius 1 is 1.47 bits per heavy atom. The Hall–Kier alpha value is -1.00. The lowest BCUT2D eigenvalue weighted by Crippen LogP contribution is -2.37. The molecule has 0 aliphatic rings. The molecule has 0 saturated heterocycles. The summed E-state index contributed by atoms with van der Waals surface area (Å²) in [5.74, 6) is -0.0689. The average molecular weight is 224 g/mol. The molecule has 0 heterocycles. The number of nitrogens with one attached hydrogen (secondary N) is 1. The number of benzene rings is 1. The van der Waals surface area contributed by atoms with Gasteiger partial charge in [-0.15, -0.1) is 11.8 Å². The van der Waals surface area contributed by atoms with Crippen molar-refractivity contribution in [2.45, 2.75) is 17.9 Å². The van der Waals surface area contributed by atoms with Crippen molar-refractivity contribution in [2.75, 3.05) is 12.8 Å². The molecular formula is C11H16N2OS. The Labute approximate surface area is 94.4 Å². The van der Waals surface area contributed by atoms with E-state index in [2.05, 4.69) is 5.32 Å². The van der Waals surface area contributed by atoms with Crippen LogP contribution in [0.3, 0.4) is 0 Å². The van der Waals surface area contributed by atoms with Crippen molar-refractivity contribution in [1.29, 1.82) is 0 Å². The molecular weight excluding hydrogens is 208 g/mol. The van der Waals surface area contributed by atoms with Gasteiger partial charge in [-0.1, -0.05) is 0 Å². The van der Waals surface area contributed by atoms with Crippen molar-refractivity contribution >= 4 is 17.7 Å². The number of thioether (sulfide) groups is 1. The Bertz CT molecular complexity index is 324. The smallest absolute Gasteiger partial charge is 0.251 e. The Kier molecular flexibility index (Phi) is 4.65. The van der Waals surface area contributed by atoms with Crippen LogP contribution in [-0.4, -0.2) is 24.7 Å². The summed E-state index contributed by atoms with van der Waals surface area (Å²) in [6.07, 6.45) is 2.01. The number of nitrogens with two attached hydrogens (primary N) is 1. The SMILES string of the molecule is CSc1ccc(C(=O)N[C@@H](C)CN)cc1. The van der Waals surface area contributed by atoms with Gasteiger partial charge in [0.05, 0.1) is 0 Å². The van der Waals surface area contributed by atoms with Crippen molar-refractivity contribution in [1.82, 2.24) is 5.32 Å². The molecule has 0 aliphatic heterocycles. The number of hydrogen-bond acceptors (Lipinski definition) is 3. The van der Waals surface area contributed by atoms with E-state index < -0.39 is 0 Å². The summed E-state index contributed by atoms with van der Waals surface area (Å²) in [4.78, 5) is 12.8. The van der Waals surface area contributed by atoms with Crippen LogP contribution < -0.4 is 11.1 Å². The Morgan fingerprint density at radius 3 is 2.53 bits per heavy atom. The van der Waals surface area contributed by atoms with Gasteiger partial charge in [-0.3, -0.25) is 4.79 Å². The lowest BCUT2D eigenvalue weighted by molar-refractivity contribution is 0.0941. The number of rotatable bonds is 4. The van der Waals surface area contributed by atoms with Gasteiger partial charge < -0.3 is 11.1 Å². The minimum Gasteiger partial charge on any atom is -0.348 e. The normalized spacial score (nSPS) is 12.2. The first kappa shape index (κ1) is 12.1. The molecule has 1 rings (SSSR count). The molecule has 1 atom stereocenters. The molecule has 15 heavy (non-hydrogen) atoms. The molecule has 0 bridgehead atoms. The fourth-order valence-corrected chi connectivity index (χ4v) is 1.52. The standard InChI is InChI=1S/C11H16N2OS/c1-8(7-12)13-11(14)9-3-5-10(15-2)6-4-9/h3-6,8H,7,12H2,1-2H3,(H,13,14)/t8-/m0/s1. The van der Waals surface area contributed by atoms with Crippen LogP contribution in [0.15, 0.2) is 29.2 Å². The number of amides is 1. The third-order valence-electron chi connectivity index (χ3n) is 2.08. The topological polar surface area (TPSA) is 55.1 Å². The van der Waals surface area contributed by atoms with E-state index in [1.54, 1.807) is 11.8 Å². The van der Waals surface area contributed by atoms with Crippen molar-refractivity contribution in [3.05, 3.63) is 29.8 Å². The molecule has 0 saturated carbocycles. The summed E-state index contributed by atoms with van der Waals surface area (Å²) >= 11 is 1.66. The second-order valence-corrected chi connectivity index (χ2v) is 4.22. The zero-order valence-corrected chi connectivity index (χ0v) is 9.80. The molecule has 0 aliphatic carbocycles. The van der Waals surface area contributed by atoms with E-state index in [0.29, 0.717) is 12.1 Å². The minimum atomic E-state index is -0.0689. The van der Waals surface area contributed by atoms with E-state index in [-0.39, 0.29) is 11.9 Å². The highest BCUT2D eigenvalue weighted by atomic mass is 32.2. The molecule has 0 aromatic heterocycles. The van der Waals surface area contributed by atoms with Crippen LogP contribution in [0.4, 0.5) is 0 Å². The molecule has 0 unspecified atom stereocenters. The monoisotopic (exact) mass is 224 g/mol. The molecule has 1 amide bonds. The highest BCUT2D eigenvalue weighted by molar-refractivity contribution is 7.98. The van der Waals surface area contributed by atoms with Gasteiger partial charge in [-0.2, -0.15) is 0 Å². The summed E-state index contributed by atoms with van der Waals surface area (Å²) in [5, 5.41) is 2.81. The first-order chi connectivity index (χ1) is 7.17. The molecule has 1 aromatic carbocycles. The lowest BCUT2D eigenvalue weighted by atomic mass is 10.2. The summed E-state index contributed by atoms with van der Waals surface area (Å²) in [6, 6.07) is 7.53. The first-order valence-electron chi connectivity index (χ1n) is 4.82. The van der Waals surface area contributed by atoms with Crippen molar-refractivity contribution in [3.8, 4) is 0 Å². The van der Waals surface area contributed by atoms with Crippen LogP contribution in [0.5, 0.6) is 0 Å². The second-order valence-electron chi connectivity index (χ2n) is 3.34. The van der Waals surface area contributed by atoms with E-state index in [9.17, 15) is 4.79 Å². The number of carbonyl (C=O) groups excluding carboxylic acids is 1. The largest absolute Gasteiger partial charge is 0.348 e. The van der Waals surface area contributed by atoms with Gasteiger partial charge >= 0.3 is 0 Å². The highest BCUT2D eigenvalue weighted by Gasteiger charge is 2.07. The Morgan fingerprint density at radius 2 is 2.07 bits per heavy atom. The molecule has 3 N–H and O–H groups in total. The van der Waals surface area contributed by atoms with E-state index in [4.69, 9.17) is 5.73 Å². The lowest BCUT2D eigenvalue weighted by Gasteiger charge is -2.11. The van der Waals surface area contributed by atoms with E-state index in [1.165, 1.54) is 0 Å². The molecule has 1 aromatic rings. The van der Waals surface area contributed by atoms with Gasteiger partial charge in [-0.05, 0) is 37.4 Å². The number of hydrogen-bond donors (Lipinski definition) is 2. The van der Waals surface area contributed by atoms with Crippen molar-refractivity contribution in [3.63, 3.8) is 0 Å². The molecule has 3 nitrogen and oxygen atoms in total. The van der Waals surface area contributed by atoms with Gasteiger partial charge in [0, 0.05) is 23.0 Å². The molecule has 0 spiro atoms. The maximum Gasteiger partial charge on any atom is 0.251 e. The van der Waals surface area contributed by atoms with E-state index in [1.807, 2.05) is 37.4 Å². The Balaban J connectivity index is 2.66. The van der Waals surface area contributed by atoms with Crippen LogP contribution in [0.25, 0.3) is 0 Å². The first-order valence-corrected chi connectivity index (χ1v) is 6.05. The van der Waals surface area contributed by atoms with Crippen molar-refractivity contribution < 1.29 is 4.79 Å². The molecule has 0 fully saturated rings. The summed E-state index contributed by atoms with van der Waals surface area (Å²) in [5.41, 5.74) is 6.10. The second kappa shape index (κ2) is 5.78. The van der Waals surface area contributed by atoms with E-state index >= 15 is 0 Å². The minimum absolute atomic E-state index is 0.0118. The third kappa shape index (κ3) is 3.57. The molecule has 4 heteroatoms. The quantitative estimate of drug-likeness (QED) is 0.762. The van der Waals surface area contributed by atoms with Crippen LogP contribution in [-0.2, 0) is 0 Å². The van der Waals surface area contributed by atoms with Crippen LogP contribution >= 0.6 is 11.8 Å². The fourth-order valence-electron chi connectivity index (χ4n) is 1.11. The molecule has 82 valence electrons. The van der Waals surface area contributed by atoms with E-state index in [0.717, 1.165) is 4.90 Å². The van der Waals surface area contributed by atoms with Crippen LogP contribution in [0.1, 0.15) is 17.3 Å². The maximum absolute atomic E-state index is 11.6. The zero-order valence-electron chi connectivity index (χ0n) is 8.99. The summed E-state index contributed by atoms with van der Waals surface area (Å²) in [6.45, 7) is 2.34. The van der Waals surface area contributed by atoms with Gasteiger partial charge in [0.2, 0.25) is 0 Å². The van der Waals surface area contributed by atoms with Gasteiger partial charge in [-0.25, -0.2) is 0 Å². The third-order valence-corrected chi connectivity index (χ3v) is 2.83. The predicted molar refractivity (Wildman–Crippen MR) is 64.2 cm³/mol. The van der Waals surface area contributed by atoms with Crippen LogP contribution in [0.2, 0.25) is 0 Å². The number of carbonyl (C=O) groups is 1. The van der Waals surface area contributed by atoms with Gasteiger partial charge in [0.25, 0.3) is 5.91 Å². The predicted octanol–water partition coefficient (Wildman–Crippen LogP) is 1.49. The maximum atomic E-state index is 11.6. The fraction of sp³-hybridized carbons (Fsp3) is 0.364. The van der Waals surface area contributed by atoms with Crippen molar-refractivity contribution in [2.24, 2.45) is 5.73 Å². The van der Waals surface area contributed by atoms with Gasteiger partial charge in [0.15, 0.2) is 0 Å². The average Bonchev–Trinajstić information content (AvgIpc) is 2.29. The van der Waals surface area contributed by atoms with Crippen LogP contribution in [0, 0.1) is 0 Å². The summed E-state index contributed by atoms with van der Waals surface area (Å²) in [7, 11) is 0. The van der Waals surface area contributed by atoms with Gasteiger partial charge in [0.1, 0.15) is 0 Å². The summed E-state index contributed by atoms with van der Waals surface area (Å²) < 4.78 is 0.